The summed E-state index contributed by atoms with van der Waals surface area (Å²) < 4.78 is 10.2. The quantitative estimate of drug-likeness (QED) is 0.642. The fraction of sp³-hybridized carbons (Fsp3) is 0.286. The Labute approximate surface area is 116 Å². The third kappa shape index (κ3) is 2.90. The Morgan fingerprint density at radius 2 is 2.30 bits per heavy atom. The van der Waals surface area contributed by atoms with Crippen molar-refractivity contribution in [3.05, 3.63) is 41.6 Å². The molecule has 0 fully saturated rings. The van der Waals surface area contributed by atoms with E-state index in [4.69, 9.17) is 10.2 Å². The monoisotopic (exact) mass is 275 g/mol. The summed E-state index contributed by atoms with van der Waals surface area (Å²) in [5, 5.41) is 3.10. The van der Waals surface area contributed by atoms with Gasteiger partial charge in [-0.15, -0.1) is 0 Å². The number of carbonyl (C=O) groups is 1. The van der Waals surface area contributed by atoms with Gasteiger partial charge in [0, 0.05) is 6.42 Å². The van der Waals surface area contributed by atoms with Gasteiger partial charge >= 0.3 is 5.97 Å². The topological polar surface area (TPSA) is 90.4 Å². The van der Waals surface area contributed by atoms with Gasteiger partial charge in [-0.05, 0) is 12.1 Å². The molecule has 0 unspecified atom stereocenters. The molecule has 0 saturated heterocycles. The third-order valence-electron chi connectivity index (χ3n) is 2.89. The summed E-state index contributed by atoms with van der Waals surface area (Å²) in [5.74, 6) is 0.943. The summed E-state index contributed by atoms with van der Waals surface area (Å²) in [5.41, 5.74) is 7.26. The molecule has 0 aliphatic heterocycles. The molecule has 1 aromatic carbocycles. The molecule has 0 radical (unpaired) electrons. The number of nitrogens with one attached hydrogen (secondary N) is 1. The van der Waals surface area contributed by atoms with Crippen LogP contribution in [-0.4, -0.2) is 18.1 Å². The van der Waals surface area contributed by atoms with Crippen molar-refractivity contribution in [1.29, 1.82) is 0 Å². The zero-order valence-electron chi connectivity index (χ0n) is 11.5. The summed E-state index contributed by atoms with van der Waals surface area (Å²) in [6, 6.07) is 5.14. The van der Waals surface area contributed by atoms with Gasteiger partial charge in [0.2, 0.25) is 5.89 Å². The van der Waals surface area contributed by atoms with Crippen molar-refractivity contribution in [2.24, 2.45) is 0 Å². The highest BCUT2D eigenvalue weighted by atomic mass is 16.5. The van der Waals surface area contributed by atoms with E-state index in [0.29, 0.717) is 29.4 Å². The Kier molecular flexibility index (Phi) is 4.24. The summed E-state index contributed by atoms with van der Waals surface area (Å²) >= 11 is 0. The zero-order chi connectivity index (χ0) is 14.5. The van der Waals surface area contributed by atoms with Crippen LogP contribution in [-0.2, 0) is 17.7 Å². The first-order valence-electron chi connectivity index (χ1n) is 6.30. The molecule has 106 valence electrons. The first kappa shape index (κ1) is 13.9. The molecule has 0 saturated carbocycles. The van der Waals surface area contributed by atoms with E-state index in [9.17, 15) is 4.79 Å². The van der Waals surface area contributed by atoms with E-state index in [2.05, 4.69) is 15.0 Å². The number of nitrogens with two attached hydrogens (primary N) is 1. The Morgan fingerprint density at radius 3 is 2.95 bits per heavy atom. The molecule has 0 spiro atoms. The summed E-state index contributed by atoms with van der Waals surface area (Å²) in [6.45, 7) is 2.39. The number of benzene rings is 1. The lowest BCUT2D eigenvalue weighted by molar-refractivity contribution is 0.0602. The highest BCUT2D eigenvalue weighted by Crippen LogP contribution is 2.24. The number of hydrogen-bond donors (Lipinski definition) is 2. The molecular formula is C14H17N3O3. The van der Waals surface area contributed by atoms with Gasteiger partial charge in [-0.25, -0.2) is 9.78 Å². The highest BCUT2D eigenvalue weighted by molar-refractivity contribution is 5.98. The van der Waals surface area contributed by atoms with Crippen LogP contribution < -0.4 is 11.1 Å². The number of aromatic nitrogens is 1. The van der Waals surface area contributed by atoms with Gasteiger partial charge < -0.3 is 20.2 Å². The average Bonchev–Trinajstić information content (AvgIpc) is 2.93. The fourth-order valence-electron chi connectivity index (χ4n) is 1.77. The molecule has 0 atom stereocenters. The van der Waals surface area contributed by atoms with Crippen molar-refractivity contribution in [2.45, 2.75) is 19.9 Å². The number of hydrogen-bond acceptors (Lipinski definition) is 6. The molecular weight excluding hydrogens is 258 g/mol. The SMILES string of the molecule is CCc1cnc(CNc2cccc(C(=O)OC)c2N)o1. The minimum absolute atomic E-state index is 0.333. The number of nitrogens with zero attached hydrogens (tertiary/aromatic N) is 1. The smallest absolute Gasteiger partial charge is 0.340 e. The minimum atomic E-state index is -0.462. The summed E-state index contributed by atoms with van der Waals surface area (Å²) in [7, 11) is 1.32. The van der Waals surface area contributed by atoms with Crippen molar-refractivity contribution >= 4 is 17.3 Å². The van der Waals surface area contributed by atoms with Crippen LogP contribution in [0.15, 0.2) is 28.8 Å². The van der Waals surface area contributed by atoms with E-state index in [1.54, 1.807) is 24.4 Å². The summed E-state index contributed by atoms with van der Waals surface area (Å²) in [6.07, 6.45) is 2.50. The number of anilines is 2. The number of nitrogen functional groups attached to an aromatic ring is 1. The van der Waals surface area contributed by atoms with Gasteiger partial charge in [-0.2, -0.15) is 0 Å². The fourth-order valence-corrected chi connectivity index (χ4v) is 1.77. The number of aryl methyl sites for hydroxylation is 1. The normalized spacial score (nSPS) is 10.3. The number of oxazole rings is 1. The van der Waals surface area contributed by atoms with Crippen molar-refractivity contribution < 1.29 is 13.9 Å². The van der Waals surface area contributed by atoms with Crippen LogP contribution in [0.5, 0.6) is 0 Å². The molecule has 0 amide bonds. The van der Waals surface area contributed by atoms with Crippen LogP contribution in [0.2, 0.25) is 0 Å². The maximum Gasteiger partial charge on any atom is 0.340 e. The lowest BCUT2D eigenvalue weighted by Crippen LogP contribution is -2.09. The number of ether oxygens (including phenoxy) is 1. The van der Waals surface area contributed by atoms with Gasteiger partial charge in [0.05, 0.1) is 36.8 Å². The van der Waals surface area contributed by atoms with Gasteiger partial charge in [0.25, 0.3) is 0 Å². The molecule has 6 heteroatoms. The van der Waals surface area contributed by atoms with Crippen LogP contribution in [0.1, 0.15) is 28.9 Å². The molecule has 1 heterocycles. The molecule has 20 heavy (non-hydrogen) atoms. The Bertz CT molecular complexity index is 607. The van der Waals surface area contributed by atoms with Crippen LogP contribution in [0, 0.1) is 0 Å². The zero-order valence-corrected chi connectivity index (χ0v) is 11.5. The van der Waals surface area contributed by atoms with Crippen molar-refractivity contribution in [1.82, 2.24) is 4.98 Å². The van der Waals surface area contributed by atoms with E-state index >= 15 is 0 Å². The maximum atomic E-state index is 11.5. The van der Waals surface area contributed by atoms with Crippen molar-refractivity contribution in [3.63, 3.8) is 0 Å². The van der Waals surface area contributed by atoms with Crippen LogP contribution in [0.25, 0.3) is 0 Å². The van der Waals surface area contributed by atoms with E-state index in [1.807, 2.05) is 6.92 Å². The van der Waals surface area contributed by atoms with Crippen molar-refractivity contribution in [3.8, 4) is 0 Å². The number of rotatable bonds is 5. The summed E-state index contributed by atoms with van der Waals surface area (Å²) in [4.78, 5) is 15.7. The Hall–Kier alpha value is -2.50. The molecule has 0 bridgehead atoms. The molecule has 0 aliphatic rings. The molecule has 0 aliphatic carbocycles. The van der Waals surface area contributed by atoms with Crippen LogP contribution in [0.4, 0.5) is 11.4 Å². The lowest BCUT2D eigenvalue weighted by Gasteiger charge is -2.10. The number of carbonyl (C=O) groups excluding carboxylic acids is 1. The average molecular weight is 275 g/mol. The molecule has 1 aromatic heterocycles. The van der Waals surface area contributed by atoms with Gasteiger partial charge in [0.1, 0.15) is 5.76 Å². The molecule has 3 N–H and O–H groups in total. The second-order valence-electron chi connectivity index (χ2n) is 4.19. The van der Waals surface area contributed by atoms with Gasteiger partial charge in [-0.1, -0.05) is 13.0 Å². The first-order valence-corrected chi connectivity index (χ1v) is 6.30. The largest absolute Gasteiger partial charge is 0.465 e. The van der Waals surface area contributed by atoms with E-state index in [1.165, 1.54) is 7.11 Å². The van der Waals surface area contributed by atoms with Gasteiger partial charge in [-0.3, -0.25) is 0 Å². The van der Waals surface area contributed by atoms with Crippen molar-refractivity contribution in [2.75, 3.05) is 18.2 Å². The lowest BCUT2D eigenvalue weighted by atomic mass is 10.1. The Balaban J connectivity index is 2.11. The maximum absolute atomic E-state index is 11.5. The standard InChI is InChI=1S/C14H17N3O3/c1-3-9-7-17-12(20-9)8-16-11-6-4-5-10(13(11)15)14(18)19-2/h4-7,16H,3,8,15H2,1-2H3. The van der Waals surface area contributed by atoms with E-state index < -0.39 is 5.97 Å². The predicted molar refractivity (Wildman–Crippen MR) is 75.4 cm³/mol. The Morgan fingerprint density at radius 1 is 1.50 bits per heavy atom. The number of esters is 1. The number of para-hydroxylation sites is 1. The van der Waals surface area contributed by atoms with Crippen LogP contribution >= 0.6 is 0 Å². The molecule has 2 rings (SSSR count). The van der Waals surface area contributed by atoms with E-state index in [-0.39, 0.29) is 0 Å². The second-order valence-corrected chi connectivity index (χ2v) is 4.19. The van der Waals surface area contributed by atoms with E-state index in [0.717, 1.165) is 12.2 Å². The third-order valence-corrected chi connectivity index (χ3v) is 2.89. The highest BCUT2D eigenvalue weighted by Gasteiger charge is 2.13. The molecule has 6 nitrogen and oxygen atoms in total. The number of methoxy groups -OCH3 is 1. The predicted octanol–water partition coefficient (Wildman–Crippen LogP) is 2.22. The minimum Gasteiger partial charge on any atom is -0.465 e. The molecule has 2 aromatic rings. The van der Waals surface area contributed by atoms with Crippen LogP contribution in [0.3, 0.4) is 0 Å². The van der Waals surface area contributed by atoms with Gasteiger partial charge in [0.15, 0.2) is 0 Å². The first-order chi connectivity index (χ1) is 9.65. The second kappa shape index (κ2) is 6.10.